The van der Waals surface area contributed by atoms with E-state index in [1.807, 2.05) is 0 Å². The number of ether oxygens (including phenoxy) is 2. The van der Waals surface area contributed by atoms with Gasteiger partial charge in [-0.2, -0.15) is 0 Å². The van der Waals surface area contributed by atoms with Gasteiger partial charge in [-0.15, -0.1) is 0 Å². The Bertz CT molecular complexity index is 1090. The third kappa shape index (κ3) is 2.63. The van der Waals surface area contributed by atoms with Crippen LogP contribution in [0.5, 0.6) is 5.75 Å². The average Bonchev–Trinajstić information content (AvgIpc) is 2.92. The maximum atomic E-state index is 15.1. The normalized spacial score (nSPS) is 27.5. The summed E-state index contributed by atoms with van der Waals surface area (Å²) in [7, 11) is 1.54. The quantitative estimate of drug-likeness (QED) is 0.749. The monoisotopic (exact) mass is 433 g/mol. The van der Waals surface area contributed by atoms with E-state index in [1.54, 1.807) is 7.05 Å². The van der Waals surface area contributed by atoms with Crippen molar-refractivity contribution in [2.75, 3.05) is 20.3 Å². The number of fused-ring (bicyclic) bond motifs is 4. The zero-order chi connectivity index (χ0) is 21.2. The molecular formula is C21H18ClF2N3O3. The van der Waals surface area contributed by atoms with Crippen LogP contribution in [0.3, 0.4) is 0 Å². The highest BCUT2D eigenvalue weighted by Crippen LogP contribution is 2.52. The number of rotatable bonds is 1. The molecule has 5 rings (SSSR count). The van der Waals surface area contributed by atoms with Gasteiger partial charge in [0.15, 0.2) is 11.5 Å². The molecular weight excluding hydrogens is 416 g/mol. The van der Waals surface area contributed by atoms with Crippen LogP contribution in [0, 0.1) is 17.6 Å². The van der Waals surface area contributed by atoms with E-state index in [-0.39, 0.29) is 46.5 Å². The maximum Gasteiger partial charge on any atom is 0.262 e. The number of hydrogen-bond acceptors (Lipinski definition) is 5. The molecule has 0 bridgehead atoms. The van der Waals surface area contributed by atoms with E-state index >= 15 is 4.39 Å². The van der Waals surface area contributed by atoms with Gasteiger partial charge in [-0.05, 0) is 29.8 Å². The summed E-state index contributed by atoms with van der Waals surface area (Å²) >= 11 is 5.97. The van der Waals surface area contributed by atoms with E-state index in [1.165, 1.54) is 29.2 Å². The second-order valence-electron chi connectivity index (χ2n) is 7.71. The van der Waals surface area contributed by atoms with Crippen molar-refractivity contribution in [1.29, 1.82) is 0 Å². The van der Waals surface area contributed by atoms with Gasteiger partial charge in [0, 0.05) is 35.7 Å². The van der Waals surface area contributed by atoms with Crippen LogP contribution >= 0.6 is 11.6 Å². The van der Waals surface area contributed by atoms with Gasteiger partial charge >= 0.3 is 0 Å². The third-order valence-electron chi connectivity index (χ3n) is 6.03. The minimum atomic E-state index is -1.39. The number of carbonyl (C=O) groups is 1. The van der Waals surface area contributed by atoms with Gasteiger partial charge in [-0.3, -0.25) is 9.69 Å². The number of aliphatic imine (C=N–C) groups is 1. The topological polar surface area (TPSA) is 77.2 Å². The fourth-order valence-electron chi connectivity index (χ4n) is 4.57. The standard InChI is InChI=1S/C21H18ClF2N3O3/c1-27-19(28)21(26-20(27)25)14-7-13(10-4-11(22)6-12(23)5-10)16(24)8-18(14)30-17-2-3-29-9-15(17)21/h4-8,15,17H,2-3,9H2,1H3,(H2,25,26)/t15-,17?,21-/m0/s1. The molecule has 156 valence electrons. The van der Waals surface area contributed by atoms with E-state index in [0.717, 1.165) is 6.07 Å². The van der Waals surface area contributed by atoms with Crippen LogP contribution < -0.4 is 10.5 Å². The highest BCUT2D eigenvalue weighted by atomic mass is 35.5. The lowest BCUT2D eigenvalue weighted by molar-refractivity contribution is -0.141. The lowest BCUT2D eigenvalue weighted by Gasteiger charge is -2.45. The van der Waals surface area contributed by atoms with Crippen molar-refractivity contribution in [2.45, 2.75) is 18.1 Å². The molecule has 0 aromatic heterocycles. The molecule has 3 heterocycles. The summed E-state index contributed by atoms with van der Waals surface area (Å²) in [4.78, 5) is 19.2. The SMILES string of the molecule is CN1C(=O)[C@]2(N=C1N)c1cc(-c3cc(F)cc(Cl)c3)c(F)cc1OC1CCOC[C@@H]12. The Morgan fingerprint density at radius 3 is 2.77 bits per heavy atom. The van der Waals surface area contributed by atoms with Crippen LogP contribution in [0.4, 0.5) is 8.78 Å². The second-order valence-corrected chi connectivity index (χ2v) is 8.15. The van der Waals surface area contributed by atoms with Crippen molar-refractivity contribution in [3.63, 3.8) is 0 Å². The Morgan fingerprint density at radius 1 is 1.27 bits per heavy atom. The van der Waals surface area contributed by atoms with E-state index in [9.17, 15) is 9.18 Å². The highest BCUT2D eigenvalue weighted by molar-refractivity contribution is 6.30. The maximum absolute atomic E-state index is 15.1. The number of carbonyl (C=O) groups excluding carboxylic acids is 1. The first kappa shape index (κ1) is 19.3. The summed E-state index contributed by atoms with van der Waals surface area (Å²) in [5.74, 6) is -1.69. The Hall–Kier alpha value is -2.71. The molecule has 0 radical (unpaired) electrons. The molecule has 1 amide bonds. The number of likely N-dealkylation sites (N-methyl/N-ethyl adjacent to an activating group) is 1. The van der Waals surface area contributed by atoms with Crippen LogP contribution in [-0.4, -0.2) is 43.1 Å². The largest absolute Gasteiger partial charge is 0.489 e. The first-order valence-corrected chi connectivity index (χ1v) is 9.87. The molecule has 1 saturated heterocycles. The van der Waals surface area contributed by atoms with Crippen molar-refractivity contribution in [2.24, 2.45) is 16.6 Å². The lowest BCUT2D eigenvalue weighted by atomic mass is 9.71. The Balaban J connectivity index is 1.76. The summed E-state index contributed by atoms with van der Waals surface area (Å²) in [6.45, 7) is 0.719. The molecule has 1 unspecified atom stereocenters. The van der Waals surface area contributed by atoms with Gasteiger partial charge in [-0.25, -0.2) is 13.8 Å². The predicted octanol–water partition coefficient (Wildman–Crippen LogP) is 3.06. The molecule has 0 aliphatic carbocycles. The fraction of sp³-hybridized carbons (Fsp3) is 0.333. The first-order valence-electron chi connectivity index (χ1n) is 9.49. The smallest absolute Gasteiger partial charge is 0.262 e. The molecule has 1 fully saturated rings. The third-order valence-corrected chi connectivity index (χ3v) is 6.24. The summed E-state index contributed by atoms with van der Waals surface area (Å²) in [6.07, 6.45) is 0.174. The molecule has 0 saturated carbocycles. The van der Waals surface area contributed by atoms with Crippen LogP contribution in [0.1, 0.15) is 12.0 Å². The van der Waals surface area contributed by atoms with Gasteiger partial charge < -0.3 is 15.2 Å². The van der Waals surface area contributed by atoms with Gasteiger partial charge in [0.2, 0.25) is 0 Å². The van der Waals surface area contributed by atoms with E-state index in [4.69, 9.17) is 26.8 Å². The zero-order valence-electron chi connectivity index (χ0n) is 16.0. The minimum Gasteiger partial charge on any atom is -0.489 e. The Labute approximate surface area is 176 Å². The number of amides is 1. The lowest BCUT2D eigenvalue weighted by Crippen LogP contribution is -2.56. The summed E-state index contributed by atoms with van der Waals surface area (Å²) in [5, 5.41) is 0.132. The molecule has 2 aromatic carbocycles. The number of halogens is 3. The molecule has 3 aliphatic heterocycles. The van der Waals surface area contributed by atoms with Crippen molar-refractivity contribution >= 4 is 23.5 Å². The molecule has 9 heteroatoms. The van der Waals surface area contributed by atoms with Crippen LogP contribution in [0.15, 0.2) is 35.3 Å². The zero-order valence-corrected chi connectivity index (χ0v) is 16.7. The average molecular weight is 434 g/mol. The van der Waals surface area contributed by atoms with E-state index < -0.39 is 23.1 Å². The van der Waals surface area contributed by atoms with Crippen molar-refractivity contribution in [3.05, 3.63) is 52.6 Å². The van der Waals surface area contributed by atoms with Gasteiger partial charge in [-0.1, -0.05) is 11.6 Å². The highest BCUT2D eigenvalue weighted by Gasteiger charge is 2.60. The molecule has 6 nitrogen and oxygen atoms in total. The van der Waals surface area contributed by atoms with E-state index in [0.29, 0.717) is 18.6 Å². The molecule has 30 heavy (non-hydrogen) atoms. The van der Waals surface area contributed by atoms with Gasteiger partial charge in [0.05, 0.1) is 19.1 Å². The first-order chi connectivity index (χ1) is 14.3. The van der Waals surface area contributed by atoms with Crippen LogP contribution in [0.25, 0.3) is 11.1 Å². The second kappa shape index (κ2) is 6.65. The fourth-order valence-corrected chi connectivity index (χ4v) is 4.79. The van der Waals surface area contributed by atoms with Crippen molar-refractivity contribution < 1.29 is 23.0 Å². The van der Waals surface area contributed by atoms with Crippen molar-refractivity contribution in [1.82, 2.24) is 4.90 Å². The molecule has 2 N–H and O–H groups in total. The minimum absolute atomic E-state index is 0.0665. The van der Waals surface area contributed by atoms with E-state index in [2.05, 4.69) is 4.99 Å². The van der Waals surface area contributed by atoms with Crippen LogP contribution in [-0.2, 0) is 15.1 Å². The number of nitrogens with zero attached hydrogens (tertiary/aromatic N) is 2. The summed E-state index contributed by atoms with van der Waals surface area (Å²) < 4.78 is 40.7. The number of benzene rings is 2. The molecule has 3 aliphatic rings. The Morgan fingerprint density at radius 2 is 2.07 bits per heavy atom. The molecule has 2 aromatic rings. The molecule has 3 atom stereocenters. The molecule has 1 spiro atoms. The Kier molecular flexibility index (Phi) is 4.27. The van der Waals surface area contributed by atoms with Crippen LogP contribution in [0.2, 0.25) is 5.02 Å². The number of guanidine groups is 1. The predicted molar refractivity (Wildman–Crippen MR) is 106 cm³/mol. The summed E-state index contributed by atoms with van der Waals surface area (Å²) in [6, 6.07) is 6.47. The van der Waals surface area contributed by atoms with Gasteiger partial charge in [0.1, 0.15) is 23.5 Å². The summed E-state index contributed by atoms with van der Waals surface area (Å²) in [5.41, 5.74) is 5.32. The number of nitrogens with two attached hydrogens (primary N) is 1. The van der Waals surface area contributed by atoms with Crippen molar-refractivity contribution in [3.8, 4) is 16.9 Å². The number of hydrogen-bond donors (Lipinski definition) is 1. The van der Waals surface area contributed by atoms with Gasteiger partial charge in [0.25, 0.3) is 5.91 Å².